The average Bonchev–Trinajstić information content (AvgIpc) is 2.34. The highest BCUT2D eigenvalue weighted by Gasteiger charge is 1.88. The lowest BCUT2D eigenvalue weighted by molar-refractivity contribution is 1.46. The van der Waals surface area contributed by atoms with Gasteiger partial charge in [0.2, 0.25) is 0 Å². The Bertz CT molecular complexity index is 544. The van der Waals surface area contributed by atoms with Gasteiger partial charge in [0.1, 0.15) is 0 Å². The molecule has 0 spiro atoms. The molecular weight excluding hydrogens is 230 g/mol. The van der Waals surface area contributed by atoms with Crippen LogP contribution in [0.15, 0.2) is 48.5 Å². The molecule has 0 aromatic heterocycles. The third kappa shape index (κ3) is 3.55. The summed E-state index contributed by atoms with van der Waals surface area (Å²) in [5.41, 5.74) is 3.17. The molecule has 84 valence electrons. The highest BCUT2D eigenvalue weighted by atomic mass is 35.5. The van der Waals surface area contributed by atoms with Crippen LogP contribution < -0.4 is 5.32 Å². The Morgan fingerprint density at radius 1 is 0.941 bits per heavy atom. The summed E-state index contributed by atoms with van der Waals surface area (Å²) in [7, 11) is 0. The van der Waals surface area contributed by atoms with Gasteiger partial charge < -0.3 is 5.32 Å². The minimum absolute atomic E-state index is 0.724. The van der Waals surface area contributed by atoms with E-state index in [0.717, 1.165) is 16.3 Å². The first kappa shape index (κ1) is 11.6. The Hall–Kier alpha value is -1.91. The molecule has 1 N–H and O–H groups in total. The van der Waals surface area contributed by atoms with Crippen LogP contribution in [0.25, 0.3) is 0 Å². The number of hydrogen-bond donors (Lipinski definition) is 1. The Kier molecular flexibility index (Phi) is 3.69. The fourth-order valence-corrected chi connectivity index (χ4v) is 1.47. The smallest absolute Gasteiger partial charge is 0.0459 e. The molecule has 0 saturated carbocycles. The van der Waals surface area contributed by atoms with E-state index < -0.39 is 0 Å². The third-order valence-corrected chi connectivity index (χ3v) is 2.56. The molecule has 0 saturated heterocycles. The third-order valence-electron chi connectivity index (χ3n) is 2.31. The lowest BCUT2D eigenvalue weighted by atomic mass is 10.2. The van der Waals surface area contributed by atoms with Crippen molar-refractivity contribution in [3.05, 3.63) is 64.7 Å². The summed E-state index contributed by atoms with van der Waals surface area (Å²) in [5.74, 6) is 3.02. The molecule has 0 aliphatic heterocycles. The summed E-state index contributed by atoms with van der Waals surface area (Å²) in [5, 5.41) is 3.76. The second kappa shape index (κ2) is 5.43. The van der Waals surface area contributed by atoms with E-state index in [1.807, 2.05) is 48.5 Å². The first-order valence-electron chi connectivity index (χ1n) is 5.33. The summed E-state index contributed by atoms with van der Waals surface area (Å²) in [6, 6.07) is 18.5. The monoisotopic (exact) mass is 241 g/mol. The first-order valence-corrected chi connectivity index (χ1v) is 5.71. The van der Waals surface area contributed by atoms with Crippen LogP contribution in [-0.2, 0) is 0 Å². The fourth-order valence-electron chi connectivity index (χ4n) is 1.35. The number of aryl methyl sites for hydroxylation is 1. The van der Waals surface area contributed by atoms with E-state index in [1.54, 1.807) is 0 Å². The molecule has 2 rings (SSSR count). The number of nitrogens with one attached hydrogen (secondary N) is 1. The highest BCUT2D eigenvalue weighted by molar-refractivity contribution is 6.30. The van der Waals surface area contributed by atoms with E-state index in [1.165, 1.54) is 5.56 Å². The minimum atomic E-state index is 0.724. The van der Waals surface area contributed by atoms with Crippen molar-refractivity contribution in [2.45, 2.75) is 6.92 Å². The normalized spacial score (nSPS) is 9.29. The van der Waals surface area contributed by atoms with Crippen molar-refractivity contribution in [2.75, 3.05) is 5.32 Å². The van der Waals surface area contributed by atoms with Crippen molar-refractivity contribution in [3.63, 3.8) is 0 Å². The van der Waals surface area contributed by atoms with Gasteiger partial charge in [-0.05, 0) is 49.2 Å². The molecule has 0 atom stereocenters. The van der Waals surface area contributed by atoms with E-state index in [4.69, 9.17) is 11.6 Å². The summed E-state index contributed by atoms with van der Waals surface area (Å²) < 4.78 is 0. The molecule has 0 radical (unpaired) electrons. The predicted molar refractivity (Wildman–Crippen MR) is 73.1 cm³/mol. The predicted octanol–water partition coefficient (Wildman–Crippen LogP) is 4.07. The van der Waals surface area contributed by atoms with E-state index in [2.05, 4.69) is 24.2 Å². The molecule has 0 heterocycles. The first-order chi connectivity index (χ1) is 8.24. The SMILES string of the molecule is Cc1ccc(NC#Cc2ccc(Cl)cc2)cc1. The number of benzene rings is 2. The van der Waals surface area contributed by atoms with E-state index in [-0.39, 0.29) is 0 Å². The van der Waals surface area contributed by atoms with Gasteiger partial charge >= 0.3 is 0 Å². The van der Waals surface area contributed by atoms with Gasteiger partial charge in [-0.3, -0.25) is 0 Å². The maximum Gasteiger partial charge on any atom is 0.0459 e. The van der Waals surface area contributed by atoms with Crippen LogP contribution in [0.5, 0.6) is 0 Å². The lowest BCUT2D eigenvalue weighted by Crippen LogP contribution is -1.87. The van der Waals surface area contributed by atoms with E-state index in [0.29, 0.717) is 0 Å². The zero-order chi connectivity index (χ0) is 12.1. The molecule has 2 aromatic rings. The minimum Gasteiger partial charge on any atom is -0.315 e. The van der Waals surface area contributed by atoms with Crippen LogP contribution in [0, 0.1) is 18.9 Å². The summed E-state index contributed by atoms with van der Waals surface area (Å²) in [4.78, 5) is 0. The van der Waals surface area contributed by atoms with Crippen molar-refractivity contribution in [3.8, 4) is 12.0 Å². The van der Waals surface area contributed by atoms with Gasteiger partial charge in [0, 0.05) is 22.3 Å². The molecule has 0 amide bonds. The summed E-state index contributed by atoms with van der Waals surface area (Å²) >= 11 is 5.79. The van der Waals surface area contributed by atoms with Crippen molar-refractivity contribution in [1.29, 1.82) is 0 Å². The molecule has 17 heavy (non-hydrogen) atoms. The van der Waals surface area contributed by atoms with Gasteiger partial charge in [-0.1, -0.05) is 29.3 Å². The molecule has 1 nitrogen and oxygen atoms in total. The van der Waals surface area contributed by atoms with Crippen LogP contribution in [0.1, 0.15) is 11.1 Å². The van der Waals surface area contributed by atoms with Crippen LogP contribution in [0.3, 0.4) is 0 Å². The van der Waals surface area contributed by atoms with Crippen molar-refractivity contribution < 1.29 is 0 Å². The maximum absolute atomic E-state index is 5.79. The Morgan fingerprint density at radius 3 is 2.24 bits per heavy atom. The van der Waals surface area contributed by atoms with Gasteiger partial charge in [0.15, 0.2) is 0 Å². The molecule has 0 bridgehead atoms. The van der Waals surface area contributed by atoms with Crippen LogP contribution in [-0.4, -0.2) is 0 Å². The zero-order valence-corrected chi connectivity index (χ0v) is 10.3. The Labute approximate surface area is 106 Å². The second-order valence-corrected chi connectivity index (χ2v) is 4.18. The standard InChI is InChI=1S/C15H12ClN/c1-12-2-8-15(9-3-12)17-11-10-13-4-6-14(16)7-5-13/h2-9,17H,1H3. The van der Waals surface area contributed by atoms with E-state index in [9.17, 15) is 0 Å². The topological polar surface area (TPSA) is 12.0 Å². The molecule has 0 aliphatic carbocycles. The number of halogens is 1. The van der Waals surface area contributed by atoms with Gasteiger partial charge in [-0.25, -0.2) is 0 Å². The Morgan fingerprint density at radius 2 is 1.59 bits per heavy atom. The van der Waals surface area contributed by atoms with Gasteiger partial charge in [-0.2, -0.15) is 0 Å². The second-order valence-electron chi connectivity index (χ2n) is 3.75. The molecule has 2 aromatic carbocycles. The van der Waals surface area contributed by atoms with Crippen molar-refractivity contribution >= 4 is 17.3 Å². The number of rotatable bonds is 1. The number of anilines is 1. The molecule has 0 unspecified atom stereocenters. The molecule has 2 heteroatoms. The molecule has 0 aliphatic rings. The van der Waals surface area contributed by atoms with E-state index >= 15 is 0 Å². The maximum atomic E-state index is 5.79. The quantitative estimate of drug-likeness (QED) is 0.586. The lowest BCUT2D eigenvalue weighted by Gasteiger charge is -1.97. The average molecular weight is 242 g/mol. The van der Waals surface area contributed by atoms with Crippen LogP contribution in [0.4, 0.5) is 5.69 Å². The van der Waals surface area contributed by atoms with Crippen molar-refractivity contribution in [2.24, 2.45) is 0 Å². The van der Waals surface area contributed by atoms with Crippen LogP contribution in [0.2, 0.25) is 5.02 Å². The summed E-state index contributed by atoms with van der Waals surface area (Å²) in [6.45, 7) is 2.06. The van der Waals surface area contributed by atoms with Crippen LogP contribution >= 0.6 is 11.6 Å². The zero-order valence-electron chi connectivity index (χ0n) is 9.50. The largest absolute Gasteiger partial charge is 0.315 e. The van der Waals surface area contributed by atoms with Gasteiger partial charge in [0.05, 0.1) is 0 Å². The fraction of sp³-hybridized carbons (Fsp3) is 0.0667. The summed E-state index contributed by atoms with van der Waals surface area (Å²) in [6.07, 6.45) is 0. The molecule has 0 fully saturated rings. The van der Waals surface area contributed by atoms with Gasteiger partial charge in [0.25, 0.3) is 0 Å². The Balaban J connectivity index is 2.03. The van der Waals surface area contributed by atoms with Crippen molar-refractivity contribution in [1.82, 2.24) is 0 Å². The number of hydrogen-bond acceptors (Lipinski definition) is 1. The highest BCUT2D eigenvalue weighted by Crippen LogP contribution is 2.09. The van der Waals surface area contributed by atoms with Gasteiger partial charge in [-0.15, -0.1) is 0 Å². The molecular formula is C15H12ClN.